The van der Waals surface area contributed by atoms with Gasteiger partial charge in [0.05, 0.1) is 0 Å². The van der Waals surface area contributed by atoms with Gasteiger partial charge in [-0.15, -0.1) is 11.3 Å². The van der Waals surface area contributed by atoms with Gasteiger partial charge in [-0.25, -0.2) is 8.42 Å². The number of aromatic nitrogens is 2. The van der Waals surface area contributed by atoms with Crippen molar-refractivity contribution in [2.24, 2.45) is 12.8 Å². The predicted octanol–water partition coefficient (Wildman–Crippen LogP) is 0.741. The van der Waals surface area contributed by atoms with E-state index in [1.54, 1.807) is 24.7 Å². The summed E-state index contributed by atoms with van der Waals surface area (Å²) in [6, 6.07) is 3.13. The standard InChI is InChI=1S/C9H12N4O2S2/c1-13-4-2-9(11-13)12-17(14,15)8-3-5-16-7(8)6-10/h2-5H,6,10H2,1H3,(H,11,12). The second-order valence-electron chi connectivity index (χ2n) is 3.39. The molecule has 0 saturated heterocycles. The third kappa shape index (κ3) is 2.48. The molecule has 0 bridgehead atoms. The van der Waals surface area contributed by atoms with E-state index in [-0.39, 0.29) is 11.4 Å². The summed E-state index contributed by atoms with van der Waals surface area (Å²) in [6.07, 6.45) is 1.66. The number of thiophene rings is 1. The zero-order chi connectivity index (χ0) is 12.5. The summed E-state index contributed by atoms with van der Waals surface area (Å²) in [5.41, 5.74) is 5.49. The van der Waals surface area contributed by atoms with E-state index in [1.165, 1.54) is 22.1 Å². The predicted molar refractivity (Wildman–Crippen MR) is 66.2 cm³/mol. The Morgan fingerprint density at radius 2 is 2.29 bits per heavy atom. The highest BCUT2D eigenvalue weighted by Gasteiger charge is 2.19. The summed E-state index contributed by atoms with van der Waals surface area (Å²) in [7, 11) is -1.88. The Morgan fingerprint density at radius 1 is 1.53 bits per heavy atom. The van der Waals surface area contributed by atoms with E-state index in [0.29, 0.717) is 10.7 Å². The van der Waals surface area contributed by atoms with E-state index in [4.69, 9.17) is 5.73 Å². The topological polar surface area (TPSA) is 90.0 Å². The van der Waals surface area contributed by atoms with Gasteiger partial charge in [-0.2, -0.15) is 5.10 Å². The normalized spacial score (nSPS) is 11.6. The van der Waals surface area contributed by atoms with Gasteiger partial charge in [-0.3, -0.25) is 9.40 Å². The lowest BCUT2D eigenvalue weighted by molar-refractivity contribution is 0.600. The first-order valence-corrected chi connectivity index (χ1v) is 7.18. The molecule has 0 aliphatic heterocycles. The highest BCUT2D eigenvalue weighted by molar-refractivity contribution is 7.92. The smallest absolute Gasteiger partial charge is 0.264 e. The minimum absolute atomic E-state index is 0.204. The molecule has 0 aliphatic carbocycles. The molecule has 0 aromatic carbocycles. The molecule has 2 rings (SSSR count). The van der Waals surface area contributed by atoms with Gasteiger partial charge in [-0.05, 0) is 11.4 Å². The van der Waals surface area contributed by atoms with Crippen molar-refractivity contribution in [2.75, 3.05) is 4.72 Å². The molecule has 0 aliphatic rings. The van der Waals surface area contributed by atoms with E-state index in [0.717, 1.165) is 0 Å². The minimum Gasteiger partial charge on any atom is -0.326 e. The molecule has 6 nitrogen and oxygen atoms in total. The maximum atomic E-state index is 12.0. The molecule has 0 fully saturated rings. The highest BCUT2D eigenvalue weighted by Crippen LogP contribution is 2.23. The van der Waals surface area contributed by atoms with Crippen molar-refractivity contribution >= 4 is 27.2 Å². The van der Waals surface area contributed by atoms with Crippen LogP contribution < -0.4 is 10.5 Å². The van der Waals surface area contributed by atoms with Crippen molar-refractivity contribution in [3.05, 3.63) is 28.6 Å². The number of hydrogen-bond acceptors (Lipinski definition) is 5. The molecule has 0 unspecified atom stereocenters. The van der Waals surface area contributed by atoms with E-state index in [2.05, 4.69) is 9.82 Å². The van der Waals surface area contributed by atoms with E-state index < -0.39 is 10.0 Å². The van der Waals surface area contributed by atoms with Gasteiger partial charge in [0.25, 0.3) is 10.0 Å². The van der Waals surface area contributed by atoms with E-state index in [9.17, 15) is 8.42 Å². The average Bonchev–Trinajstić information content (AvgIpc) is 2.86. The third-order valence-corrected chi connectivity index (χ3v) is 4.64. The lowest BCUT2D eigenvalue weighted by Gasteiger charge is -2.05. The molecule has 0 atom stereocenters. The summed E-state index contributed by atoms with van der Waals surface area (Å²) >= 11 is 1.32. The maximum absolute atomic E-state index is 12.0. The van der Waals surface area contributed by atoms with Crippen LogP contribution in [0.15, 0.2) is 28.6 Å². The molecule has 2 heterocycles. The van der Waals surface area contributed by atoms with Gasteiger partial charge < -0.3 is 5.73 Å². The molecule has 0 saturated carbocycles. The zero-order valence-electron chi connectivity index (χ0n) is 9.12. The van der Waals surface area contributed by atoms with Crippen molar-refractivity contribution in [2.45, 2.75) is 11.4 Å². The number of sulfonamides is 1. The van der Waals surface area contributed by atoms with Crippen LogP contribution in [0.5, 0.6) is 0 Å². The number of nitrogens with one attached hydrogen (secondary N) is 1. The van der Waals surface area contributed by atoms with Gasteiger partial charge in [0, 0.05) is 30.7 Å². The number of aryl methyl sites for hydroxylation is 1. The van der Waals surface area contributed by atoms with E-state index >= 15 is 0 Å². The molecule has 92 valence electrons. The molecule has 2 aromatic rings. The molecule has 8 heteroatoms. The Hall–Kier alpha value is -1.38. The van der Waals surface area contributed by atoms with Crippen LogP contribution >= 0.6 is 11.3 Å². The summed E-state index contributed by atoms with van der Waals surface area (Å²) in [5, 5.41) is 5.66. The fourth-order valence-electron chi connectivity index (χ4n) is 1.38. The van der Waals surface area contributed by atoms with Gasteiger partial charge in [-0.1, -0.05) is 0 Å². The summed E-state index contributed by atoms with van der Waals surface area (Å²) < 4.78 is 28.0. The maximum Gasteiger partial charge on any atom is 0.264 e. The first-order chi connectivity index (χ1) is 8.03. The van der Waals surface area contributed by atoms with Crippen LogP contribution in [0.1, 0.15) is 4.88 Å². The van der Waals surface area contributed by atoms with Crippen LogP contribution in [0, 0.1) is 0 Å². The largest absolute Gasteiger partial charge is 0.326 e. The Morgan fingerprint density at radius 3 is 2.88 bits per heavy atom. The Bertz CT molecular complexity index is 614. The van der Waals surface area contributed by atoms with Gasteiger partial charge in [0.15, 0.2) is 5.82 Å². The van der Waals surface area contributed by atoms with Crippen molar-refractivity contribution < 1.29 is 8.42 Å². The minimum atomic E-state index is -3.59. The van der Waals surface area contributed by atoms with Crippen LogP contribution in [-0.2, 0) is 23.6 Å². The second-order valence-corrected chi connectivity index (χ2v) is 6.04. The zero-order valence-corrected chi connectivity index (χ0v) is 10.8. The van der Waals surface area contributed by atoms with Crippen LogP contribution in [0.25, 0.3) is 0 Å². The lowest BCUT2D eigenvalue weighted by atomic mass is 10.5. The Balaban J connectivity index is 2.31. The molecule has 3 N–H and O–H groups in total. The van der Waals surface area contributed by atoms with Crippen LogP contribution in [0.2, 0.25) is 0 Å². The summed E-state index contributed by atoms with van der Waals surface area (Å²) in [4.78, 5) is 0.851. The molecule has 2 aromatic heterocycles. The number of rotatable bonds is 4. The fourth-order valence-corrected chi connectivity index (χ4v) is 3.71. The fraction of sp³-hybridized carbons (Fsp3) is 0.222. The summed E-state index contributed by atoms with van der Waals surface area (Å²) in [6.45, 7) is 0.204. The monoisotopic (exact) mass is 272 g/mol. The first kappa shape index (κ1) is 12.1. The SMILES string of the molecule is Cn1ccc(NS(=O)(=O)c2ccsc2CN)n1. The van der Waals surface area contributed by atoms with Crippen molar-refractivity contribution in [3.8, 4) is 0 Å². The van der Waals surface area contributed by atoms with Gasteiger partial charge in [0.1, 0.15) is 4.90 Å². The van der Waals surface area contributed by atoms with Crippen molar-refractivity contribution in [1.29, 1.82) is 0 Å². The molecular weight excluding hydrogens is 260 g/mol. The van der Waals surface area contributed by atoms with Crippen molar-refractivity contribution in [3.63, 3.8) is 0 Å². The number of hydrogen-bond donors (Lipinski definition) is 2. The molecule has 0 spiro atoms. The van der Waals surface area contributed by atoms with Crippen LogP contribution in [-0.4, -0.2) is 18.2 Å². The molecule has 0 radical (unpaired) electrons. The van der Waals surface area contributed by atoms with Gasteiger partial charge >= 0.3 is 0 Å². The summed E-state index contributed by atoms with van der Waals surface area (Å²) in [5.74, 6) is 0.293. The Kier molecular flexibility index (Phi) is 3.18. The average molecular weight is 272 g/mol. The third-order valence-electron chi connectivity index (χ3n) is 2.13. The lowest BCUT2D eigenvalue weighted by Crippen LogP contribution is -2.15. The quantitative estimate of drug-likeness (QED) is 0.859. The van der Waals surface area contributed by atoms with E-state index in [1.807, 2.05) is 0 Å². The Labute approximate surface area is 103 Å². The van der Waals surface area contributed by atoms with Crippen molar-refractivity contribution in [1.82, 2.24) is 9.78 Å². The molecular formula is C9H12N4O2S2. The first-order valence-electron chi connectivity index (χ1n) is 4.82. The highest BCUT2D eigenvalue weighted by atomic mass is 32.2. The van der Waals surface area contributed by atoms with Gasteiger partial charge in [0.2, 0.25) is 0 Å². The van der Waals surface area contributed by atoms with Crippen LogP contribution in [0.3, 0.4) is 0 Å². The number of nitrogens with zero attached hydrogens (tertiary/aromatic N) is 2. The second kappa shape index (κ2) is 4.47. The number of anilines is 1. The molecule has 0 amide bonds. The van der Waals surface area contributed by atoms with Crippen LogP contribution in [0.4, 0.5) is 5.82 Å². The molecule has 17 heavy (non-hydrogen) atoms. The number of nitrogens with two attached hydrogens (primary N) is 1.